The minimum Gasteiger partial charge on any atom is -0.357 e. The molecule has 0 atom stereocenters. The van der Waals surface area contributed by atoms with E-state index in [0.29, 0.717) is 0 Å². The molecule has 0 amide bonds. The highest BCUT2D eigenvalue weighted by molar-refractivity contribution is 14.0. The molecule has 1 aliphatic rings. The summed E-state index contributed by atoms with van der Waals surface area (Å²) >= 11 is 0. The topological polar surface area (TPSA) is 67.1 Å². The number of fused-ring (bicyclic) bond motifs is 1. The van der Waals surface area contributed by atoms with Crippen LogP contribution in [0.15, 0.2) is 4.99 Å². The molecule has 0 aliphatic carbocycles. The van der Waals surface area contributed by atoms with Gasteiger partial charge in [-0.25, -0.2) is 0 Å². The van der Waals surface area contributed by atoms with Gasteiger partial charge >= 0.3 is 0 Å². The molecular weight excluding hydrogens is 427 g/mol. The molecular formula is C18H35IN6. The number of guanidine groups is 1. The first-order valence-electron chi connectivity index (χ1n) is 9.78. The third-order valence-corrected chi connectivity index (χ3v) is 4.45. The summed E-state index contributed by atoms with van der Waals surface area (Å²) in [7, 11) is 0. The zero-order valence-electron chi connectivity index (χ0n) is 15.9. The number of nitrogens with zero attached hydrogens (tertiary/aromatic N) is 4. The molecule has 0 fully saturated rings. The molecule has 0 spiro atoms. The quantitative estimate of drug-likeness (QED) is 0.256. The average molecular weight is 462 g/mol. The van der Waals surface area contributed by atoms with E-state index >= 15 is 0 Å². The van der Waals surface area contributed by atoms with Crippen LogP contribution in [-0.2, 0) is 19.4 Å². The zero-order chi connectivity index (χ0) is 17.0. The van der Waals surface area contributed by atoms with E-state index in [4.69, 9.17) is 0 Å². The van der Waals surface area contributed by atoms with E-state index in [2.05, 4.69) is 44.2 Å². The molecule has 2 N–H and O–H groups in total. The fraction of sp³-hybridized carbons (Fsp3) is 0.833. The number of nitrogens with one attached hydrogen (secondary N) is 2. The number of rotatable bonds is 9. The van der Waals surface area contributed by atoms with Crippen LogP contribution < -0.4 is 10.6 Å². The van der Waals surface area contributed by atoms with Crippen molar-refractivity contribution in [3.63, 3.8) is 0 Å². The Bertz CT molecular complexity index is 500. The lowest BCUT2D eigenvalue weighted by molar-refractivity contribution is 0.600. The smallest absolute Gasteiger partial charge is 0.191 e. The van der Waals surface area contributed by atoms with E-state index in [1.165, 1.54) is 50.8 Å². The predicted octanol–water partition coefficient (Wildman–Crippen LogP) is 3.30. The number of unbranched alkanes of at least 4 members (excludes halogenated alkanes) is 3. The molecule has 1 aliphatic heterocycles. The highest BCUT2D eigenvalue weighted by Gasteiger charge is 2.14. The summed E-state index contributed by atoms with van der Waals surface area (Å²) in [4.78, 5) is 4.66. The first-order chi connectivity index (χ1) is 11.8. The van der Waals surface area contributed by atoms with Crippen LogP contribution in [0.2, 0.25) is 0 Å². The summed E-state index contributed by atoms with van der Waals surface area (Å²) in [6.07, 6.45) is 10.8. The van der Waals surface area contributed by atoms with E-state index in [9.17, 15) is 0 Å². The second kappa shape index (κ2) is 13.4. The van der Waals surface area contributed by atoms with E-state index in [1.54, 1.807) is 0 Å². The van der Waals surface area contributed by atoms with Gasteiger partial charge in [-0.2, -0.15) is 0 Å². The third-order valence-electron chi connectivity index (χ3n) is 4.45. The monoisotopic (exact) mass is 462 g/mol. The van der Waals surface area contributed by atoms with Crippen molar-refractivity contribution in [2.45, 2.75) is 78.2 Å². The standard InChI is InChI=1S/C18H34N6.HI/c1-3-5-6-9-13-20-18(19-4-2)21-14-12-17-23-22-16-11-8-7-10-15-24(16)17;/h3-15H2,1-2H3,(H2,19,20,21);1H. The molecule has 0 radical (unpaired) electrons. The molecule has 0 aromatic carbocycles. The Kier molecular flexibility index (Phi) is 11.9. The van der Waals surface area contributed by atoms with Crippen LogP contribution >= 0.6 is 24.0 Å². The molecule has 25 heavy (non-hydrogen) atoms. The maximum absolute atomic E-state index is 4.66. The number of halogens is 1. The van der Waals surface area contributed by atoms with Crippen LogP contribution in [0, 0.1) is 0 Å². The summed E-state index contributed by atoms with van der Waals surface area (Å²) in [6.45, 7) is 8.05. The minimum absolute atomic E-state index is 0. The van der Waals surface area contributed by atoms with Gasteiger partial charge in [0, 0.05) is 39.0 Å². The number of hydrogen-bond donors (Lipinski definition) is 2. The predicted molar refractivity (Wildman–Crippen MR) is 115 cm³/mol. The van der Waals surface area contributed by atoms with Gasteiger partial charge in [0.05, 0.1) is 0 Å². The van der Waals surface area contributed by atoms with Gasteiger partial charge in [-0.05, 0) is 26.2 Å². The van der Waals surface area contributed by atoms with Gasteiger partial charge in [-0.3, -0.25) is 4.99 Å². The lowest BCUT2D eigenvalue weighted by Gasteiger charge is -2.12. The fourth-order valence-corrected chi connectivity index (χ4v) is 3.09. The Balaban J connectivity index is 0.00000312. The Labute approximate surface area is 169 Å². The Morgan fingerprint density at radius 3 is 2.76 bits per heavy atom. The molecule has 0 unspecified atom stereocenters. The molecule has 144 valence electrons. The van der Waals surface area contributed by atoms with Gasteiger partial charge in [0.2, 0.25) is 0 Å². The molecule has 0 saturated heterocycles. The summed E-state index contributed by atoms with van der Waals surface area (Å²) in [6, 6.07) is 0. The Morgan fingerprint density at radius 2 is 1.96 bits per heavy atom. The van der Waals surface area contributed by atoms with Gasteiger partial charge in [0.1, 0.15) is 11.6 Å². The Morgan fingerprint density at radius 1 is 1.08 bits per heavy atom. The van der Waals surface area contributed by atoms with Crippen molar-refractivity contribution < 1.29 is 0 Å². The van der Waals surface area contributed by atoms with Gasteiger partial charge in [0.15, 0.2) is 5.96 Å². The van der Waals surface area contributed by atoms with Crippen molar-refractivity contribution >= 4 is 29.9 Å². The number of aliphatic imine (C=N–C) groups is 1. The van der Waals surface area contributed by atoms with Crippen LogP contribution in [0.4, 0.5) is 0 Å². The summed E-state index contributed by atoms with van der Waals surface area (Å²) in [5.41, 5.74) is 0. The largest absolute Gasteiger partial charge is 0.357 e. The maximum atomic E-state index is 4.66. The SMILES string of the molecule is CCCCCCN=C(NCC)NCCc1nnc2n1CCCCC2.I. The van der Waals surface area contributed by atoms with Crippen LogP contribution in [0.3, 0.4) is 0 Å². The van der Waals surface area contributed by atoms with E-state index in [0.717, 1.165) is 50.8 Å². The van der Waals surface area contributed by atoms with Crippen molar-refractivity contribution in [2.24, 2.45) is 4.99 Å². The average Bonchev–Trinajstić information content (AvgIpc) is 2.81. The van der Waals surface area contributed by atoms with Gasteiger partial charge in [0.25, 0.3) is 0 Å². The molecule has 0 bridgehead atoms. The second-order valence-corrected chi connectivity index (χ2v) is 6.49. The molecule has 7 heteroatoms. The maximum Gasteiger partial charge on any atom is 0.191 e. The van der Waals surface area contributed by atoms with Crippen LogP contribution in [0.1, 0.15) is 70.4 Å². The first kappa shape index (κ1) is 22.2. The third kappa shape index (κ3) is 7.92. The van der Waals surface area contributed by atoms with Crippen molar-refractivity contribution in [3.05, 3.63) is 11.6 Å². The van der Waals surface area contributed by atoms with E-state index in [1.807, 2.05) is 0 Å². The van der Waals surface area contributed by atoms with E-state index in [-0.39, 0.29) is 24.0 Å². The van der Waals surface area contributed by atoms with Crippen molar-refractivity contribution in [2.75, 3.05) is 19.6 Å². The first-order valence-corrected chi connectivity index (χ1v) is 9.78. The summed E-state index contributed by atoms with van der Waals surface area (Å²) in [5, 5.41) is 15.5. The lowest BCUT2D eigenvalue weighted by atomic mass is 10.2. The van der Waals surface area contributed by atoms with Crippen molar-refractivity contribution in [1.29, 1.82) is 0 Å². The van der Waals surface area contributed by atoms with Crippen molar-refractivity contribution in [1.82, 2.24) is 25.4 Å². The minimum atomic E-state index is 0. The summed E-state index contributed by atoms with van der Waals surface area (Å²) < 4.78 is 2.32. The molecule has 0 saturated carbocycles. The van der Waals surface area contributed by atoms with Gasteiger partial charge in [-0.1, -0.05) is 32.6 Å². The van der Waals surface area contributed by atoms with Crippen LogP contribution in [-0.4, -0.2) is 40.4 Å². The Hall–Kier alpha value is -0.860. The normalized spacial score (nSPS) is 14.4. The lowest BCUT2D eigenvalue weighted by Crippen LogP contribution is -2.38. The molecule has 1 aromatic rings. The molecule has 6 nitrogen and oxygen atoms in total. The molecule has 1 aromatic heterocycles. The fourth-order valence-electron chi connectivity index (χ4n) is 3.09. The van der Waals surface area contributed by atoms with Crippen LogP contribution in [0.5, 0.6) is 0 Å². The zero-order valence-corrected chi connectivity index (χ0v) is 18.2. The number of hydrogen-bond acceptors (Lipinski definition) is 3. The number of aryl methyl sites for hydroxylation is 1. The second-order valence-electron chi connectivity index (χ2n) is 6.49. The number of aromatic nitrogens is 3. The van der Waals surface area contributed by atoms with Crippen molar-refractivity contribution in [3.8, 4) is 0 Å². The highest BCUT2D eigenvalue weighted by Crippen LogP contribution is 2.14. The summed E-state index contributed by atoms with van der Waals surface area (Å²) in [5.74, 6) is 3.20. The van der Waals surface area contributed by atoms with Crippen LogP contribution in [0.25, 0.3) is 0 Å². The molecule has 2 heterocycles. The highest BCUT2D eigenvalue weighted by atomic mass is 127. The molecule has 2 rings (SSSR count). The van der Waals surface area contributed by atoms with Gasteiger partial charge in [-0.15, -0.1) is 34.2 Å². The van der Waals surface area contributed by atoms with E-state index < -0.39 is 0 Å². The van der Waals surface area contributed by atoms with Gasteiger partial charge < -0.3 is 15.2 Å².